The molecule has 1 heterocycles. The number of esters is 1. The normalized spacial score (nSPS) is 10.4. The van der Waals surface area contributed by atoms with Crippen LogP contribution in [-0.4, -0.2) is 34.4 Å². The number of aryl methyl sites for hydroxylation is 1. The van der Waals surface area contributed by atoms with Crippen LogP contribution in [0.5, 0.6) is 0 Å². The fourth-order valence-corrected chi connectivity index (χ4v) is 2.35. The number of carbonyl (C=O) groups is 2. The number of hydrogen-bond acceptors (Lipinski definition) is 7. The Morgan fingerprint density at radius 2 is 2.00 bits per heavy atom. The number of nitrogens with zero attached hydrogens (tertiary/aromatic N) is 2. The van der Waals surface area contributed by atoms with Gasteiger partial charge in [-0.1, -0.05) is 25.1 Å². The second-order valence-electron chi connectivity index (χ2n) is 4.99. The second kappa shape index (κ2) is 9.07. The van der Waals surface area contributed by atoms with Gasteiger partial charge in [-0.25, -0.2) is 4.79 Å². The first-order valence-electron chi connectivity index (χ1n) is 7.58. The van der Waals surface area contributed by atoms with E-state index in [2.05, 4.69) is 15.5 Å². The van der Waals surface area contributed by atoms with Crippen molar-refractivity contribution in [3.8, 4) is 0 Å². The van der Waals surface area contributed by atoms with Gasteiger partial charge in [0.05, 0.1) is 17.9 Å². The van der Waals surface area contributed by atoms with Crippen molar-refractivity contribution in [2.75, 3.05) is 17.7 Å². The lowest BCUT2D eigenvalue weighted by atomic mass is 10.2. The topological polar surface area (TPSA) is 94.3 Å². The standard InChI is InChI=1S/C16H19N3O4S/c1-3-4-9-22-15(21)12-5-7-13(8-6-12)17-14(20)10-24-16-19-18-11(2)23-16/h5-8H,3-4,9-10H2,1-2H3,(H,17,20). The molecule has 128 valence electrons. The van der Waals surface area contributed by atoms with Crippen molar-refractivity contribution in [3.05, 3.63) is 35.7 Å². The zero-order valence-electron chi connectivity index (χ0n) is 13.6. The summed E-state index contributed by atoms with van der Waals surface area (Å²) in [5.74, 6) is 0.0553. The summed E-state index contributed by atoms with van der Waals surface area (Å²) in [6.45, 7) is 4.13. The number of ether oxygens (including phenoxy) is 1. The van der Waals surface area contributed by atoms with E-state index in [1.165, 1.54) is 0 Å². The number of nitrogens with one attached hydrogen (secondary N) is 1. The summed E-state index contributed by atoms with van der Waals surface area (Å²) in [6, 6.07) is 6.57. The molecule has 1 aromatic heterocycles. The van der Waals surface area contributed by atoms with Crippen LogP contribution in [0.3, 0.4) is 0 Å². The molecule has 0 radical (unpaired) electrons. The molecule has 0 atom stereocenters. The molecule has 0 fully saturated rings. The maximum atomic E-state index is 11.9. The minimum Gasteiger partial charge on any atom is -0.462 e. The minimum absolute atomic E-state index is 0.155. The van der Waals surface area contributed by atoms with E-state index in [4.69, 9.17) is 9.15 Å². The van der Waals surface area contributed by atoms with Crippen molar-refractivity contribution in [1.82, 2.24) is 10.2 Å². The molecule has 2 rings (SSSR count). The molecule has 0 aliphatic heterocycles. The van der Waals surface area contributed by atoms with Crippen LogP contribution < -0.4 is 5.32 Å². The lowest BCUT2D eigenvalue weighted by Crippen LogP contribution is -2.14. The third kappa shape index (κ3) is 5.69. The maximum absolute atomic E-state index is 11.9. The van der Waals surface area contributed by atoms with Gasteiger partial charge < -0.3 is 14.5 Å². The quantitative estimate of drug-likeness (QED) is 0.444. The SMILES string of the molecule is CCCCOC(=O)c1ccc(NC(=O)CSc2nnc(C)o2)cc1. The highest BCUT2D eigenvalue weighted by molar-refractivity contribution is 7.99. The van der Waals surface area contributed by atoms with E-state index in [1.54, 1.807) is 31.2 Å². The highest BCUT2D eigenvalue weighted by atomic mass is 32.2. The monoisotopic (exact) mass is 349 g/mol. The van der Waals surface area contributed by atoms with Gasteiger partial charge in [0.15, 0.2) is 0 Å². The van der Waals surface area contributed by atoms with Crippen molar-refractivity contribution in [1.29, 1.82) is 0 Å². The Hall–Kier alpha value is -2.35. The Bertz CT molecular complexity index is 685. The van der Waals surface area contributed by atoms with Crippen LogP contribution in [0.1, 0.15) is 36.0 Å². The Labute approximate surface area is 144 Å². The van der Waals surface area contributed by atoms with E-state index in [9.17, 15) is 9.59 Å². The number of hydrogen-bond donors (Lipinski definition) is 1. The molecular formula is C16H19N3O4S. The number of thioether (sulfide) groups is 1. The third-order valence-electron chi connectivity index (χ3n) is 2.97. The Morgan fingerprint density at radius 3 is 2.62 bits per heavy atom. The lowest BCUT2D eigenvalue weighted by Gasteiger charge is -2.06. The fourth-order valence-electron chi connectivity index (χ4n) is 1.74. The number of amides is 1. The smallest absolute Gasteiger partial charge is 0.338 e. The summed E-state index contributed by atoms with van der Waals surface area (Å²) < 4.78 is 10.3. The number of aromatic nitrogens is 2. The molecule has 2 aromatic rings. The van der Waals surface area contributed by atoms with E-state index >= 15 is 0 Å². The molecule has 24 heavy (non-hydrogen) atoms. The van der Waals surface area contributed by atoms with Crippen molar-refractivity contribution < 1.29 is 18.7 Å². The Balaban J connectivity index is 1.80. The van der Waals surface area contributed by atoms with E-state index < -0.39 is 0 Å². The lowest BCUT2D eigenvalue weighted by molar-refractivity contribution is -0.113. The molecule has 0 aliphatic rings. The van der Waals surface area contributed by atoms with Crippen LogP contribution in [-0.2, 0) is 9.53 Å². The van der Waals surface area contributed by atoms with Gasteiger partial charge in [-0.2, -0.15) is 0 Å². The molecular weight excluding hydrogens is 330 g/mol. The summed E-state index contributed by atoms with van der Waals surface area (Å²) in [7, 11) is 0. The molecule has 7 nitrogen and oxygen atoms in total. The molecule has 0 bridgehead atoms. The first-order valence-corrected chi connectivity index (χ1v) is 8.57. The summed E-state index contributed by atoms with van der Waals surface area (Å²) in [4.78, 5) is 23.7. The first kappa shape index (κ1) is 18.0. The van der Waals surface area contributed by atoms with Gasteiger partial charge in [0.25, 0.3) is 5.22 Å². The fraction of sp³-hybridized carbons (Fsp3) is 0.375. The molecule has 1 aromatic carbocycles. The number of anilines is 1. The van der Waals surface area contributed by atoms with Crippen molar-refractivity contribution in [3.63, 3.8) is 0 Å². The van der Waals surface area contributed by atoms with Crippen LogP contribution in [0.2, 0.25) is 0 Å². The van der Waals surface area contributed by atoms with E-state index in [0.29, 0.717) is 29.0 Å². The maximum Gasteiger partial charge on any atom is 0.338 e. The van der Waals surface area contributed by atoms with Gasteiger partial charge in [-0.3, -0.25) is 4.79 Å². The molecule has 0 aliphatic carbocycles. The van der Waals surface area contributed by atoms with Gasteiger partial charge in [0.2, 0.25) is 11.8 Å². The van der Waals surface area contributed by atoms with Gasteiger partial charge in [-0.15, -0.1) is 10.2 Å². The van der Waals surface area contributed by atoms with Crippen LogP contribution in [0, 0.1) is 6.92 Å². The van der Waals surface area contributed by atoms with Crippen LogP contribution in [0.4, 0.5) is 5.69 Å². The van der Waals surface area contributed by atoms with Crippen molar-refractivity contribution >= 4 is 29.3 Å². The van der Waals surface area contributed by atoms with Crippen molar-refractivity contribution in [2.45, 2.75) is 31.9 Å². The molecule has 0 unspecified atom stereocenters. The zero-order chi connectivity index (χ0) is 17.4. The van der Waals surface area contributed by atoms with Gasteiger partial charge in [0.1, 0.15) is 0 Å². The largest absolute Gasteiger partial charge is 0.462 e. The predicted octanol–water partition coefficient (Wildman–Crippen LogP) is 3.07. The Kier molecular flexibility index (Phi) is 6.80. The summed E-state index contributed by atoms with van der Waals surface area (Å²) in [5, 5.41) is 10.6. The van der Waals surface area contributed by atoms with E-state index in [-0.39, 0.29) is 17.6 Å². The minimum atomic E-state index is -0.358. The zero-order valence-corrected chi connectivity index (χ0v) is 14.4. The molecule has 1 amide bonds. The second-order valence-corrected chi connectivity index (χ2v) is 5.92. The van der Waals surface area contributed by atoms with Crippen LogP contribution in [0.15, 0.2) is 33.9 Å². The average molecular weight is 349 g/mol. The molecule has 8 heteroatoms. The van der Waals surface area contributed by atoms with Crippen LogP contribution in [0.25, 0.3) is 0 Å². The van der Waals surface area contributed by atoms with Crippen molar-refractivity contribution in [2.24, 2.45) is 0 Å². The molecule has 1 N–H and O–H groups in total. The van der Waals surface area contributed by atoms with E-state index in [1.807, 2.05) is 6.92 Å². The highest BCUT2D eigenvalue weighted by Crippen LogP contribution is 2.16. The number of unbranched alkanes of at least 4 members (excludes halogenated alkanes) is 1. The number of rotatable bonds is 8. The summed E-state index contributed by atoms with van der Waals surface area (Å²) >= 11 is 1.16. The Morgan fingerprint density at radius 1 is 1.25 bits per heavy atom. The average Bonchev–Trinajstić information content (AvgIpc) is 2.99. The summed E-state index contributed by atoms with van der Waals surface area (Å²) in [6.07, 6.45) is 1.82. The molecule has 0 spiro atoms. The number of benzene rings is 1. The number of carbonyl (C=O) groups excluding carboxylic acids is 2. The molecule has 0 saturated carbocycles. The third-order valence-corrected chi connectivity index (χ3v) is 3.79. The first-order chi connectivity index (χ1) is 11.6. The van der Waals surface area contributed by atoms with E-state index in [0.717, 1.165) is 24.6 Å². The van der Waals surface area contributed by atoms with Crippen LogP contribution >= 0.6 is 11.8 Å². The highest BCUT2D eigenvalue weighted by Gasteiger charge is 2.10. The summed E-state index contributed by atoms with van der Waals surface area (Å²) in [5.41, 5.74) is 1.06. The van der Waals surface area contributed by atoms with Gasteiger partial charge >= 0.3 is 5.97 Å². The predicted molar refractivity (Wildman–Crippen MR) is 90.0 cm³/mol. The van der Waals surface area contributed by atoms with Gasteiger partial charge in [-0.05, 0) is 30.7 Å². The van der Waals surface area contributed by atoms with Gasteiger partial charge in [0, 0.05) is 12.6 Å². The molecule has 0 saturated heterocycles.